The average molecular weight is 337 g/mol. The van der Waals surface area contributed by atoms with Gasteiger partial charge in [0.05, 0.1) is 13.1 Å². The Kier molecular flexibility index (Phi) is 5.14. The highest BCUT2D eigenvalue weighted by atomic mass is 19.1. The number of nitrogens with one attached hydrogen (secondary N) is 2. The molecule has 0 saturated carbocycles. The topological polar surface area (TPSA) is 46.1 Å². The van der Waals surface area contributed by atoms with Crippen molar-refractivity contribution in [2.45, 2.75) is 20.0 Å². The molecule has 0 aliphatic rings. The molecule has 2 aromatic carbocycles. The van der Waals surface area contributed by atoms with Gasteiger partial charge in [0.25, 0.3) is 0 Å². The lowest BCUT2D eigenvalue weighted by Gasteiger charge is -2.12. The Balaban J connectivity index is 1.61. The van der Waals surface area contributed by atoms with Gasteiger partial charge in [0, 0.05) is 23.1 Å². The first-order chi connectivity index (χ1) is 12.1. The summed E-state index contributed by atoms with van der Waals surface area (Å²) in [6.45, 7) is 2.73. The molecule has 2 amide bonds. The molecule has 0 aliphatic carbocycles. The zero-order valence-corrected chi connectivity index (χ0v) is 14.0. The minimum atomic E-state index is -0.270. The van der Waals surface area contributed by atoms with E-state index in [2.05, 4.69) is 10.6 Å². The molecule has 128 valence electrons. The molecule has 4 nitrogen and oxygen atoms in total. The minimum absolute atomic E-state index is 0.229. The van der Waals surface area contributed by atoms with Gasteiger partial charge in [-0.1, -0.05) is 36.4 Å². The molecule has 0 atom stereocenters. The van der Waals surface area contributed by atoms with Crippen molar-refractivity contribution >= 4 is 11.7 Å². The number of nitrogens with zero attached hydrogens (tertiary/aromatic N) is 1. The predicted octanol–water partition coefficient (Wildman–Crippen LogP) is 4.31. The van der Waals surface area contributed by atoms with E-state index >= 15 is 0 Å². The summed E-state index contributed by atoms with van der Waals surface area (Å²) in [7, 11) is 0. The van der Waals surface area contributed by atoms with Gasteiger partial charge in [-0.2, -0.15) is 0 Å². The van der Waals surface area contributed by atoms with Crippen LogP contribution in [0.4, 0.5) is 14.9 Å². The monoisotopic (exact) mass is 337 g/mol. The van der Waals surface area contributed by atoms with Crippen LogP contribution in [0.1, 0.15) is 16.8 Å². The van der Waals surface area contributed by atoms with Gasteiger partial charge in [0.1, 0.15) is 5.82 Å². The quantitative estimate of drug-likeness (QED) is 0.716. The highest BCUT2D eigenvalue weighted by Crippen LogP contribution is 2.13. The molecule has 0 spiro atoms. The summed E-state index contributed by atoms with van der Waals surface area (Å²) in [5.74, 6) is -0.229. The maximum atomic E-state index is 13.8. The van der Waals surface area contributed by atoms with E-state index in [4.69, 9.17) is 0 Å². The van der Waals surface area contributed by atoms with Crippen LogP contribution >= 0.6 is 0 Å². The van der Waals surface area contributed by atoms with Crippen LogP contribution in [-0.2, 0) is 13.1 Å². The van der Waals surface area contributed by atoms with Gasteiger partial charge in [-0.05, 0) is 36.8 Å². The van der Waals surface area contributed by atoms with E-state index in [9.17, 15) is 9.18 Å². The highest BCUT2D eigenvalue weighted by Gasteiger charge is 2.08. The minimum Gasteiger partial charge on any atom is -0.345 e. The Morgan fingerprint density at radius 2 is 1.80 bits per heavy atom. The largest absolute Gasteiger partial charge is 0.345 e. The number of aryl methyl sites for hydroxylation is 1. The molecule has 2 N–H and O–H groups in total. The van der Waals surface area contributed by atoms with Crippen molar-refractivity contribution in [3.05, 3.63) is 89.5 Å². The fourth-order valence-electron chi connectivity index (χ4n) is 2.62. The van der Waals surface area contributed by atoms with Crippen LogP contribution in [0.3, 0.4) is 0 Å². The Morgan fingerprint density at radius 1 is 1.04 bits per heavy atom. The fraction of sp³-hybridized carbons (Fsp3) is 0.150. The maximum Gasteiger partial charge on any atom is 0.319 e. The molecular weight excluding hydrogens is 317 g/mol. The standard InChI is InChI=1S/C20H20FN3O/c1-15-7-2-5-11-19(15)23-20(25)22-13-17-9-6-12-24(17)14-16-8-3-4-10-18(16)21/h2-12H,13-14H2,1H3,(H2,22,23,25). The summed E-state index contributed by atoms with van der Waals surface area (Å²) >= 11 is 0. The molecule has 0 bridgehead atoms. The van der Waals surface area contributed by atoms with Crippen molar-refractivity contribution in [3.63, 3.8) is 0 Å². The first kappa shape index (κ1) is 16.8. The van der Waals surface area contributed by atoms with Crippen molar-refractivity contribution in [1.82, 2.24) is 9.88 Å². The molecule has 3 aromatic rings. The van der Waals surface area contributed by atoms with E-state index in [1.54, 1.807) is 12.1 Å². The Morgan fingerprint density at radius 3 is 2.60 bits per heavy atom. The Labute approximate surface area is 146 Å². The number of carbonyl (C=O) groups excluding carboxylic acids is 1. The first-order valence-electron chi connectivity index (χ1n) is 8.11. The second-order valence-electron chi connectivity index (χ2n) is 5.84. The maximum absolute atomic E-state index is 13.8. The number of urea groups is 1. The Hall–Kier alpha value is -3.08. The lowest BCUT2D eigenvalue weighted by atomic mass is 10.2. The van der Waals surface area contributed by atoms with Crippen molar-refractivity contribution in [2.75, 3.05) is 5.32 Å². The average Bonchev–Trinajstić information content (AvgIpc) is 3.04. The molecule has 0 unspecified atom stereocenters. The lowest BCUT2D eigenvalue weighted by Crippen LogP contribution is -2.29. The molecule has 0 radical (unpaired) electrons. The summed E-state index contributed by atoms with van der Waals surface area (Å²) in [5, 5.41) is 5.67. The van der Waals surface area contributed by atoms with Gasteiger partial charge in [-0.25, -0.2) is 9.18 Å². The second-order valence-corrected chi connectivity index (χ2v) is 5.84. The van der Waals surface area contributed by atoms with Crippen LogP contribution in [0.5, 0.6) is 0 Å². The first-order valence-corrected chi connectivity index (χ1v) is 8.11. The molecule has 0 aliphatic heterocycles. The van der Waals surface area contributed by atoms with Crippen LogP contribution in [0.25, 0.3) is 0 Å². The molecule has 0 fully saturated rings. The summed E-state index contributed by atoms with van der Waals surface area (Å²) in [6.07, 6.45) is 1.88. The third kappa shape index (κ3) is 4.26. The number of halogens is 1. The number of amides is 2. The number of aromatic nitrogens is 1. The van der Waals surface area contributed by atoms with E-state index < -0.39 is 0 Å². The normalized spacial score (nSPS) is 10.5. The molecule has 1 aromatic heterocycles. The van der Waals surface area contributed by atoms with Crippen LogP contribution in [0, 0.1) is 12.7 Å². The third-order valence-electron chi connectivity index (χ3n) is 4.05. The van der Waals surface area contributed by atoms with E-state index in [1.165, 1.54) is 6.07 Å². The second kappa shape index (κ2) is 7.66. The number of hydrogen-bond donors (Lipinski definition) is 2. The van der Waals surface area contributed by atoms with Gasteiger partial charge in [0.2, 0.25) is 0 Å². The van der Waals surface area contributed by atoms with E-state index in [-0.39, 0.29) is 11.8 Å². The van der Waals surface area contributed by atoms with Crippen molar-refractivity contribution in [2.24, 2.45) is 0 Å². The number of carbonyl (C=O) groups is 1. The molecule has 5 heteroatoms. The van der Waals surface area contributed by atoms with E-state index in [0.717, 1.165) is 16.9 Å². The summed E-state index contributed by atoms with van der Waals surface area (Å²) in [5.41, 5.74) is 3.30. The number of hydrogen-bond acceptors (Lipinski definition) is 1. The highest BCUT2D eigenvalue weighted by molar-refractivity contribution is 5.89. The summed E-state index contributed by atoms with van der Waals surface area (Å²) < 4.78 is 15.7. The lowest BCUT2D eigenvalue weighted by molar-refractivity contribution is 0.251. The zero-order chi connectivity index (χ0) is 17.6. The summed E-state index contributed by atoms with van der Waals surface area (Å²) in [4.78, 5) is 12.1. The van der Waals surface area contributed by atoms with Gasteiger partial charge in [-0.15, -0.1) is 0 Å². The molecule has 1 heterocycles. The predicted molar refractivity (Wildman–Crippen MR) is 97.0 cm³/mol. The van der Waals surface area contributed by atoms with Gasteiger partial charge >= 0.3 is 6.03 Å². The SMILES string of the molecule is Cc1ccccc1NC(=O)NCc1cccn1Cc1ccccc1F. The van der Waals surface area contributed by atoms with Crippen LogP contribution < -0.4 is 10.6 Å². The van der Waals surface area contributed by atoms with Gasteiger partial charge < -0.3 is 15.2 Å². The number of benzene rings is 2. The third-order valence-corrected chi connectivity index (χ3v) is 4.05. The van der Waals surface area contributed by atoms with Crippen LogP contribution in [0.2, 0.25) is 0 Å². The van der Waals surface area contributed by atoms with Crippen molar-refractivity contribution in [3.8, 4) is 0 Å². The Bertz CT molecular complexity index is 873. The summed E-state index contributed by atoms with van der Waals surface area (Å²) in [6, 6.07) is 17.8. The fourth-order valence-corrected chi connectivity index (χ4v) is 2.62. The van der Waals surface area contributed by atoms with Crippen molar-refractivity contribution < 1.29 is 9.18 Å². The van der Waals surface area contributed by atoms with Crippen LogP contribution in [-0.4, -0.2) is 10.6 Å². The van der Waals surface area contributed by atoms with Crippen molar-refractivity contribution in [1.29, 1.82) is 0 Å². The van der Waals surface area contributed by atoms with Gasteiger partial charge in [-0.3, -0.25) is 0 Å². The molecular formula is C20H20FN3O. The number of rotatable bonds is 5. The zero-order valence-electron chi connectivity index (χ0n) is 14.0. The molecule has 25 heavy (non-hydrogen) atoms. The molecule has 0 saturated heterocycles. The smallest absolute Gasteiger partial charge is 0.319 e. The number of anilines is 1. The van der Waals surface area contributed by atoms with E-state index in [1.807, 2.05) is 60.2 Å². The van der Waals surface area contributed by atoms with E-state index in [0.29, 0.717) is 18.7 Å². The molecule has 3 rings (SSSR count). The number of para-hydroxylation sites is 1. The van der Waals surface area contributed by atoms with Gasteiger partial charge in [0.15, 0.2) is 0 Å². The van der Waals surface area contributed by atoms with Crippen LogP contribution in [0.15, 0.2) is 66.9 Å².